The summed E-state index contributed by atoms with van der Waals surface area (Å²) in [6, 6.07) is 5.37. The van der Waals surface area contributed by atoms with Gasteiger partial charge in [0.2, 0.25) is 5.95 Å². The van der Waals surface area contributed by atoms with E-state index in [1.807, 2.05) is 0 Å². The Morgan fingerprint density at radius 1 is 1.10 bits per heavy atom. The quantitative estimate of drug-likeness (QED) is 0.529. The fraction of sp³-hybridized carbons (Fsp3) is 0.429. The van der Waals surface area contributed by atoms with Crippen molar-refractivity contribution < 1.29 is 26.7 Å². The van der Waals surface area contributed by atoms with Gasteiger partial charge in [-0.15, -0.1) is 0 Å². The van der Waals surface area contributed by atoms with E-state index in [2.05, 4.69) is 15.6 Å². The van der Waals surface area contributed by atoms with Gasteiger partial charge >= 0.3 is 6.18 Å². The third-order valence-electron chi connectivity index (χ3n) is 5.30. The summed E-state index contributed by atoms with van der Waals surface area (Å²) in [5.41, 5.74) is -1.04. The van der Waals surface area contributed by atoms with Crippen molar-refractivity contribution >= 4 is 5.91 Å². The highest BCUT2D eigenvalue weighted by Crippen LogP contribution is 2.30. The van der Waals surface area contributed by atoms with E-state index in [4.69, 9.17) is 0 Å². The Hall–Kier alpha value is -2.55. The van der Waals surface area contributed by atoms with Gasteiger partial charge in [0, 0.05) is 36.5 Å². The second-order valence-electron chi connectivity index (χ2n) is 7.49. The second kappa shape index (κ2) is 9.51. The highest BCUT2D eigenvalue weighted by molar-refractivity contribution is 5.94. The summed E-state index contributed by atoms with van der Waals surface area (Å²) in [6.07, 6.45) is -0.0383. The molecular formula is C21H22F5N3O. The van der Waals surface area contributed by atoms with Crippen molar-refractivity contribution in [3.63, 3.8) is 0 Å². The van der Waals surface area contributed by atoms with Crippen LogP contribution >= 0.6 is 0 Å². The van der Waals surface area contributed by atoms with Gasteiger partial charge < -0.3 is 10.6 Å². The Kier molecular flexibility index (Phi) is 7.02. The molecule has 1 saturated carbocycles. The van der Waals surface area contributed by atoms with Crippen LogP contribution in [0.15, 0.2) is 36.5 Å². The van der Waals surface area contributed by atoms with Crippen LogP contribution in [0.1, 0.15) is 47.2 Å². The third kappa shape index (κ3) is 5.98. The van der Waals surface area contributed by atoms with Gasteiger partial charge in [0.05, 0.1) is 5.56 Å². The first-order valence-corrected chi connectivity index (χ1v) is 9.71. The molecule has 0 spiro atoms. The molecule has 1 aliphatic rings. The summed E-state index contributed by atoms with van der Waals surface area (Å²) in [5.74, 6) is -2.15. The number of nitrogens with zero attached hydrogens (tertiary/aromatic N) is 1. The van der Waals surface area contributed by atoms with E-state index in [-0.39, 0.29) is 17.5 Å². The van der Waals surface area contributed by atoms with E-state index < -0.39 is 29.4 Å². The SMILES string of the molecule is O=C(NCC1CCC(NCc2cccnc2F)CC1)c1cc(F)cc(C(F)(F)F)c1. The number of carbonyl (C=O) groups is 1. The highest BCUT2D eigenvalue weighted by atomic mass is 19.4. The topological polar surface area (TPSA) is 54.0 Å². The van der Waals surface area contributed by atoms with Gasteiger partial charge in [-0.2, -0.15) is 17.6 Å². The van der Waals surface area contributed by atoms with Gasteiger partial charge in [0.1, 0.15) is 5.82 Å². The lowest BCUT2D eigenvalue weighted by atomic mass is 9.86. The van der Waals surface area contributed by atoms with Crippen LogP contribution in [-0.4, -0.2) is 23.5 Å². The lowest BCUT2D eigenvalue weighted by Gasteiger charge is -2.29. The summed E-state index contributed by atoms with van der Waals surface area (Å²) in [4.78, 5) is 15.8. The van der Waals surface area contributed by atoms with Crippen LogP contribution in [0.4, 0.5) is 22.0 Å². The van der Waals surface area contributed by atoms with Crippen LogP contribution < -0.4 is 10.6 Å². The summed E-state index contributed by atoms with van der Waals surface area (Å²) in [6.45, 7) is 0.688. The number of nitrogens with one attached hydrogen (secondary N) is 2. The Morgan fingerprint density at radius 3 is 2.50 bits per heavy atom. The summed E-state index contributed by atoms with van der Waals surface area (Å²) < 4.78 is 65.4. The largest absolute Gasteiger partial charge is 0.416 e. The number of amides is 1. The second-order valence-corrected chi connectivity index (χ2v) is 7.49. The molecule has 3 rings (SSSR count). The minimum atomic E-state index is -4.72. The maximum Gasteiger partial charge on any atom is 0.416 e. The molecule has 4 nitrogen and oxygen atoms in total. The predicted octanol–water partition coefficient (Wildman–Crippen LogP) is 4.46. The molecule has 1 aromatic heterocycles. The predicted molar refractivity (Wildman–Crippen MR) is 101 cm³/mol. The Labute approximate surface area is 170 Å². The minimum Gasteiger partial charge on any atom is -0.352 e. The number of hydrogen-bond acceptors (Lipinski definition) is 3. The molecule has 0 bridgehead atoms. The Morgan fingerprint density at radius 2 is 1.83 bits per heavy atom. The molecule has 0 aliphatic heterocycles. The zero-order valence-corrected chi connectivity index (χ0v) is 16.1. The van der Waals surface area contributed by atoms with Crippen molar-refractivity contribution in [3.8, 4) is 0 Å². The zero-order chi connectivity index (χ0) is 21.7. The fourth-order valence-corrected chi connectivity index (χ4v) is 3.60. The van der Waals surface area contributed by atoms with E-state index in [1.165, 1.54) is 6.20 Å². The molecule has 1 fully saturated rings. The molecule has 30 heavy (non-hydrogen) atoms. The number of halogens is 5. The number of rotatable bonds is 6. The number of benzene rings is 1. The minimum absolute atomic E-state index is 0.178. The molecule has 2 aromatic rings. The number of hydrogen-bond donors (Lipinski definition) is 2. The average molecular weight is 427 g/mol. The first kappa shape index (κ1) is 22.1. The smallest absolute Gasteiger partial charge is 0.352 e. The van der Waals surface area contributed by atoms with E-state index in [0.29, 0.717) is 30.8 Å². The maximum atomic E-state index is 13.6. The first-order valence-electron chi connectivity index (χ1n) is 9.71. The van der Waals surface area contributed by atoms with Crippen molar-refractivity contribution in [2.45, 2.75) is 44.4 Å². The number of alkyl halides is 3. The third-order valence-corrected chi connectivity index (χ3v) is 5.30. The molecule has 0 unspecified atom stereocenters. The van der Waals surface area contributed by atoms with Crippen LogP contribution in [0.25, 0.3) is 0 Å². The Balaban J connectivity index is 1.45. The van der Waals surface area contributed by atoms with E-state index in [9.17, 15) is 26.7 Å². The van der Waals surface area contributed by atoms with Crippen LogP contribution in [0.2, 0.25) is 0 Å². The summed E-state index contributed by atoms with van der Waals surface area (Å²) in [7, 11) is 0. The molecule has 0 radical (unpaired) electrons. The number of aromatic nitrogens is 1. The van der Waals surface area contributed by atoms with Gasteiger partial charge in [0.25, 0.3) is 5.91 Å². The standard InChI is InChI=1S/C21H22F5N3O/c22-17-9-15(8-16(10-17)21(24,25)26)20(30)29-11-13-3-5-18(6-4-13)28-12-14-2-1-7-27-19(14)23/h1-2,7-10,13,18,28H,3-6,11-12H2,(H,29,30). The number of carbonyl (C=O) groups excluding carboxylic acids is 1. The van der Waals surface area contributed by atoms with Crippen LogP contribution in [0.3, 0.4) is 0 Å². The molecule has 9 heteroatoms. The molecule has 0 saturated heterocycles. The van der Waals surface area contributed by atoms with Crippen molar-refractivity contribution in [2.75, 3.05) is 6.54 Å². The summed E-state index contributed by atoms with van der Waals surface area (Å²) >= 11 is 0. The first-order chi connectivity index (χ1) is 14.2. The monoisotopic (exact) mass is 427 g/mol. The van der Waals surface area contributed by atoms with Crippen LogP contribution in [0, 0.1) is 17.7 Å². The molecule has 0 atom stereocenters. The van der Waals surface area contributed by atoms with Crippen molar-refractivity contribution in [1.29, 1.82) is 0 Å². The molecule has 1 heterocycles. The molecular weight excluding hydrogens is 405 g/mol. The van der Waals surface area contributed by atoms with Gasteiger partial charge in [0.15, 0.2) is 0 Å². The van der Waals surface area contributed by atoms with Crippen molar-refractivity contribution in [2.24, 2.45) is 5.92 Å². The molecule has 1 amide bonds. The van der Waals surface area contributed by atoms with Crippen molar-refractivity contribution in [1.82, 2.24) is 15.6 Å². The van der Waals surface area contributed by atoms with E-state index >= 15 is 0 Å². The van der Waals surface area contributed by atoms with E-state index in [1.54, 1.807) is 12.1 Å². The molecule has 1 aromatic carbocycles. The lowest BCUT2D eigenvalue weighted by molar-refractivity contribution is -0.137. The summed E-state index contributed by atoms with van der Waals surface area (Å²) in [5, 5.41) is 5.90. The number of pyridine rings is 1. The average Bonchev–Trinajstić information content (AvgIpc) is 2.71. The maximum absolute atomic E-state index is 13.6. The highest BCUT2D eigenvalue weighted by Gasteiger charge is 2.32. The van der Waals surface area contributed by atoms with E-state index in [0.717, 1.165) is 31.7 Å². The van der Waals surface area contributed by atoms with Gasteiger partial charge in [-0.1, -0.05) is 6.07 Å². The fourth-order valence-electron chi connectivity index (χ4n) is 3.60. The zero-order valence-electron chi connectivity index (χ0n) is 16.1. The van der Waals surface area contributed by atoms with Gasteiger partial charge in [-0.3, -0.25) is 4.79 Å². The van der Waals surface area contributed by atoms with Crippen LogP contribution in [-0.2, 0) is 12.7 Å². The van der Waals surface area contributed by atoms with Gasteiger partial charge in [-0.05, 0) is 55.9 Å². The van der Waals surface area contributed by atoms with Crippen LogP contribution in [0.5, 0.6) is 0 Å². The van der Waals surface area contributed by atoms with Gasteiger partial charge in [-0.25, -0.2) is 9.37 Å². The molecule has 1 aliphatic carbocycles. The normalized spacial score (nSPS) is 19.5. The van der Waals surface area contributed by atoms with Crippen molar-refractivity contribution in [3.05, 3.63) is 65.0 Å². The molecule has 2 N–H and O–H groups in total. The Bertz CT molecular complexity index is 879. The lowest BCUT2D eigenvalue weighted by Crippen LogP contribution is -2.37. The molecule has 162 valence electrons.